The number of allylic oxidation sites excluding steroid dienone is 1. The van der Waals surface area contributed by atoms with Crippen LogP contribution in [-0.4, -0.2) is 14.8 Å². The van der Waals surface area contributed by atoms with E-state index in [4.69, 9.17) is 12.2 Å². The summed E-state index contributed by atoms with van der Waals surface area (Å²) in [6, 6.07) is 10.4. The van der Waals surface area contributed by atoms with Crippen molar-refractivity contribution in [2.45, 2.75) is 19.4 Å². The minimum atomic E-state index is 0.660. The highest BCUT2D eigenvalue weighted by Crippen LogP contribution is 2.06. The van der Waals surface area contributed by atoms with Crippen LogP contribution in [0.4, 0.5) is 0 Å². The molecule has 0 aliphatic carbocycles. The maximum atomic E-state index is 5.17. The summed E-state index contributed by atoms with van der Waals surface area (Å²) >= 11 is 5.17. The summed E-state index contributed by atoms with van der Waals surface area (Å²) in [6.07, 6.45) is 3.68. The second kappa shape index (κ2) is 5.59. The predicted octanol–water partition coefficient (Wildman–Crippen LogP) is 2.91. The van der Waals surface area contributed by atoms with E-state index in [9.17, 15) is 0 Å². The standard InChI is InChI=1S/C13H15N3S/c1-2-10-16-12(14-15-13(16)17)9-8-11-6-4-3-5-7-11/h2-7H,1,8-10H2,(H,15,17). The Morgan fingerprint density at radius 2 is 2.06 bits per heavy atom. The molecule has 0 aliphatic rings. The molecule has 88 valence electrons. The monoisotopic (exact) mass is 245 g/mol. The topological polar surface area (TPSA) is 33.6 Å². The van der Waals surface area contributed by atoms with Gasteiger partial charge in [-0.15, -0.1) is 6.58 Å². The summed E-state index contributed by atoms with van der Waals surface area (Å²) in [4.78, 5) is 0. The molecule has 1 aromatic heterocycles. The second-order valence-corrected chi connectivity index (χ2v) is 4.22. The van der Waals surface area contributed by atoms with Crippen LogP contribution in [0.15, 0.2) is 43.0 Å². The van der Waals surface area contributed by atoms with Crippen LogP contribution < -0.4 is 0 Å². The maximum absolute atomic E-state index is 5.17. The number of rotatable bonds is 5. The molecule has 17 heavy (non-hydrogen) atoms. The van der Waals surface area contributed by atoms with Crippen molar-refractivity contribution in [1.29, 1.82) is 0 Å². The summed E-state index contributed by atoms with van der Waals surface area (Å²) in [5, 5.41) is 7.07. The summed E-state index contributed by atoms with van der Waals surface area (Å²) in [7, 11) is 0. The van der Waals surface area contributed by atoms with Gasteiger partial charge in [-0.3, -0.25) is 5.10 Å². The van der Waals surface area contributed by atoms with Gasteiger partial charge in [-0.1, -0.05) is 36.4 Å². The van der Waals surface area contributed by atoms with Crippen molar-refractivity contribution >= 4 is 12.2 Å². The number of nitrogens with zero attached hydrogens (tertiary/aromatic N) is 2. The zero-order chi connectivity index (χ0) is 12.1. The Bertz CT molecular complexity index is 539. The number of nitrogens with one attached hydrogen (secondary N) is 1. The van der Waals surface area contributed by atoms with Crippen LogP contribution >= 0.6 is 12.2 Å². The lowest BCUT2D eigenvalue weighted by atomic mass is 10.1. The number of aromatic nitrogens is 3. The molecule has 0 bridgehead atoms. The number of hydrogen-bond acceptors (Lipinski definition) is 2. The van der Waals surface area contributed by atoms with Crippen molar-refractivity contribution in [2.75, 3.05) is 0 Å². The molecule has 0 saturated heterocycles. The Balaban J connectivity index is 2.09. The van der Waals surface area contributed by atoms with Gasteiger partial charge in [-0.2, -0.15) is 5.10 Å². The van der Waals surface area contributed by atoms with Crippen molar-refractivity contribution in [3.8, 4) is 0 Å². The quantitative estimate of drug-likeness (QED) is 0.649. The number of hydrogen-bond donors (Lipinski definition) is 1. The first kappa shape index (κ1) is 11.8. The smallest absolute Gasteiger partial charge is 0.195 e. The van der Waals surface area contributed by atoms with Gasteiger partial charge in [-0.05, 0) is 24.2 Å². The molecule has 0 spiro atoms. The van der Waals surface area contributed by atoms with Crippen LogP contribution in [0.25, 0.3) is 0 Å². The molecule has 2 aromatic rings. The normalized spacial score (nSPS) is 10.4. The zero-order valence-corrected chi connectivity index (χ0v) is 10.4. The SMILES string of the molecule is C=CCn1c(CCc2ccccc2)n[nH]c1=S. The van der Waals surface area contributed by atoms with Gasteiger partial charge in [0.2, 0.25) is 0 Å². The highest BCUT2D eigenvalue weighted by atomic mass is 32.1. The second-order valence-electron chi connectivity index (χ2n) is 3.83. The fourth-order valence-electron chi connectivity index (χ4n) is 1.76. The zero-order valence-electron chi connectivity index (χ0n) is 9.60. The third-order valence-electron chi connectivity index (χ3n) is 2.63. The summed E-state index contributed by atoms with van der Waals surface area (Å²) in [6.45, 7) is 4.44. The van der Waals surface area contributed by atoms with Gasteiger partial charge in [0, 0.05) is 13.0 Å². The average Bonchev–Trinajstić information content (AvgIpc) is 2.70. The van der Waals surface area contributed by atoms with E-state index in [-0.39, 0.29) is 0 Å². The van der Waals surface area contributed by atoms with E-state index < -0.39 is 0 Å². The van der Waals surface area contributed by atoms with Crippen LogP contribution in [-0.2, 0) is 19.4 Å². The molecular formula is C13H15N3S. The van der Waals surface area contributed by atoms with E-state index in [1.807, 2.05) is 16.7 Å². The molecule has 0 saturated carbocycles. The van der Waals surface area contributed by atoms with E-state index in [0.29, 0.717) is 11.3 Å². The van der Waals surface area contributed by atoms with E-state index >= 15 is 0 Å². The molecule has 0 fully saturated rings. The highest BCUT2D eigenvalue weighted by molar-refractivity contribution is 7.71. The van der Waals surface area contributed by atoms with Gasteiger partial charge in [0.15, 0.2) is 4.77 Å². The lowest BCUT2D eigenvalue weighted by Gasteiger charge is -2.03. The van der Waals surface area contributed by atoms with Crippen LogP contribution in [0.2, 0.25) is 0 Å². The Kier molecular flexibility index (Phi) is 3.88. The molecule has 2 rings (SSSR count). The summed E-state index contributed by atoms with van der Waals surface area (Å²) < 4.78 is 2.64. The molecule has 1 heterocycles. The first-order valence-corrected chi connectivity index (χ1v) is 6.01. The molecule has 0 radical (unpaired) electrons. The third-order valence-corrected chi connectivity index (χ3v) is 2.94. The molecule has 1 aromatic carbocycles. The van der Waals surface area contributed by atoms with Crippen molar-refractivity contribution < 1.29 is 0 Å². The lowest BCUT2D eigenvalue weighted by molar-refractivity contribution is 0.719. The predicted molar refractivity (Wildman–Crippen MR) is 71.5 cm³/mol. The fraction of sp³-hybridized carbons (Fsp3) is 0.231. The minimum absolute atomic E-state index is 0.660. The van der Waals surface area contributed by atoms with E-state index in [2.05, 4.69) is 41.0 Å². The highest BCUT2D eigenvalue weighted by Gasteiger charge is 2.04. The van der Waals surface area contributed by atoms with Gasteiger partial charge < -0.3 is 4.57 Å². The van der Waals surface area contributed by atoms with Crippen LogP contribution in [0.5, 0.6) is 0 Å². The Hall–Kier alpha value is -1.68. The number of benzene rings is 1. The third kappa shape index (κ3) is 2.91. The Morgan fingerprint density at radius 3 is 2.76 bits per heavy atom. The number of H-pyrrole nitrogens is 1. The van der Waals surface area contributed by atoms with E-state index in [1.54, 1.807) is 0 Å². The van der Waals surface area contributed by atoms with Crippen molar-refractivity contribution in [1.82, 2.24) is 14.8 Å². The van der Waals surface area contributed by atoms with E-state index in [1.165, 1.54) is 5.56 Å². The maximum Gasteiger partial charge on any atom is 0.195 e. The minimum Gasteiger partial charge on any atom is -0.300 e. The average molecular weight is 245 g/mol. The van der Waals surface area contributed by atoms with Gasteiger partial charge >= 0.3 is 0 Å². The van der Waals surface area contributed by atoms with Crippen LogP contribution in [0.3, 0.4) is 0 Å². The van der Waals surface area contributed by atoms with Gasteiger partial charge in [0.25, 0.3) is 0 Å². The molecular weight excluding hydrogens is 230 g/mol. The number of aryl methyl sites for hydroxylation is 2. The largest absolute Gasteiger partial charge is 0.300 e. The lowest BCUT2D eigenvalue weighted by Crippen LogP contribution is -2.04. The first-order chi connectivity index (χ1) is 8.31. The number of aromatic amines is 1. The molecule has 3 nitrogen and oxygen atoms in total. The summed E-state index contributed by atoms with van der Waals surface area (Å²) in [5.74, 6) is 0.985. The Labute approximate surface area is 106 Å². The molecule has 0 amide bonds. The fourth-order valence-corrected chi connectivity index (χ4v) is 1.98. The van der Waals surface area contributed by atoms with Gasteiger partial charge in [-0.25, -0.2) is 0 Å². The first-order valence-electron chi connectivity index (χ1n) is 5.60. The molecule has 0 unspecified atom stereocenters. The molecule has 0 atom stereocenters. The van der Waals surface area contributed by atoms with Crippen LogP contribution in [0.1, 0.15) is 11.4 Å². The molecule has 1 N–H and O–H groups in total. The summed E-state index contributed by atoms with van der Waals surface area (Å²) in [5.41, 5.74) is 1.31. The van der Waals surface area contributed by atoms with E-state index in [0.717, 1.165) is 18.7 Å². The molecule has 4 heteroatoms. The van der Waals surface area contributed by atoms with Crippen molar-refractivity contribution in [3.05, 3.63) is 59.1 Å². The van der Waals surface area contributed by atoms with Gasteiger partial charge in [0.1, 0.15) is 5.82 Å². The van der Waals surface area contributed by atoms with Crippen LogP contribution in [0, 0.1) is 4.77 Å². The van der Waals surface area contributed by atoms with Crippen molar-refractivity contribution in [3.63, 3.8) is 0 Å². The van der Waals surface area contributed by atoms with Gasteiger partial charge in [0.05, 0.1) is 0 Å². The van der Waals surface area contributed by atoms with Crippen molar-refractivity contribution in [2.24, 2.45) is 0 Å². The Morgan fingerprint density at radius 1 is 1.29 bits per heavy atom. The molecule has 0 aliphatic heterocycles.